The fourth-order valence-corrected chi connectivity index (χ4v) is 2.29. The lowest BCUT2D eigenvalue weighted by Gasteiger charge is -2.02. The largest absolute Gasteiger partial charge is 0.260 e. The molecule has 0 saturated carbocycles. The Labute approximate surface area is 83.2 Å². The Bertz CT molecular complexity index is 509. The van der Waals surface area contributed by atoms with Crippen LogP contribution in [0.4, 0.5) is 0 Å². The molecule has 2 nitrogen and oxygen atoms in total. The Morgan fingerprint density at radius 3 is 2.93 bits per heavy atom. The summed E-state index contributed by atoms with van der Waals surface area (Å²) >= 11 is 0. The minimum atomic E-state index is 0.931. The molecule has 14 heavy (non-hydrogen) atoms. The first-order valence-electron chi connectivity index (χ1n) is 4.88. The van der Waals surface area contributed by atoms with Crippen LogP contribution in [0.3, 0.4) is 0 Å². The molecule has 3 rings (SSSR count). The number of nitrogens with zero attached hydrogens (tertiary/aromatic N) is 2. The Hall–Kier alpha value is -1.57. The van der Waals surface area contributed by atoms with Crippen LogP contribution in [-0.2, 0) is 6.54 Å². The van der Waals surface area contributed by atoms with Crippen molar-refractivity contribution in [1.29, 1.82) is 0 Å². The summed E-state index contributed by atoms with van der Waals surface area (Å²) in [6, 6.07) is 6.48. The molecule has 0 aliphatic carbocycles. The predicted molar refractivity (Wildman–Crippen MR) is 56.2 cm³/mol. The van der Waals surface area contributed by atoms with Gasteiger partial charge in [0.1, 0.15) is 0 Å². The van der Waals surface area contributed by atoms with E-state index < -0.39 is 0 Å². The summed E-state index contributed by atoms with van der Waals surface area (Å²) in [5, 5.41) is 4.37. The molecule has 1 aromatic carbocycles. The second-order valence-electron chi connectivity index (χ2n) is 3.94. The van der Waals surface area contributed by atoms with Crippen LogP contribution in [0.5, 0.6) is 0 Å². The van der Waals surface area contributed by atoms with E-state index in [1.807, 2.05) is 6.20 Å². The Balaban J connectivity index is 2.38. The fraction of sp³-hybridized carbons (Fsp3) is 0.250. The summed E-state index contributed by atoms with van der Waals surface area (Å²) in [5.74, 6) is 0. The molecular formula is C12H12N2. The van der Waals surface area contributed by atoms with E-state index in [0.29, 0.717) is 0 Å². The first-order chi connectivity index (χ1) is 6.77. The van der Waals surface area contributed by atoms with Gasteiger partial charge >= 0.3 is 0 Å². The number of hydrogen-bond donors (Lipinski definition) is 0. The van der Waals surface area contributed by atoms with Crippen LogP contribution in [0.2, 0.25) is 0 Å². The van der Waals surface area contributed by atoms with Gasteiger partial charge < -0.3 is 0 Å². The summed E-state index contributed by atoms with van der Waals surface area (Å²) in [6.07, 6.45) is 1.95. The lowest BCUT2D eigenvalue weighted by atomic mass is 10.0. The predicted octanol–water partition coefficient (Wildman–Crippen LogP) is 2.53. The SMILES string of the molecule is Cc1cccc2c1-c1c(C)cnn1C2. The van der Waals surface area contributed by atoms with Gasteiger partial charge in [-0.15, -0.1) is 0 Å². The standard InChI is InChI=1S/C12H12N2/c1-8-4-3-5-10-7-14-12(11(8)10)9(2)6-13-14/h3-6H,7H2,1-2H3. The van der Waals surface area contributed by atoms with Crippen molar-refractivity contribution >= 4 is 0 Å². The van der Waals surface area contributed by atoms with Gasteiger partial charge in [-0.2, -0.15) is 5.10 Å². The molecular weight excluding hydrogens is 172 g/mol. The zero-order chi connectivity index (χ0) is 9.71. The monoisotopic (exact) mass is 184 g/mol. The van der Waals surface area contributed by atoms with Crippen LogP contribution in [0.25, 0.3) is 11.3 Å². The highest BCUT2D eigenvalue weighted by Crippen LogP contribution is 2.35. The maximum Gasteiger partial charge on any atom is 0.0721 e. The van der Waals surface area contributed by atoms with E-state index in [0.717, 1.165) is 6.54 Å². The quantitative estimate of drug-likeness (QED) is 0.525. The lowest BCUT2D eigenvalue weighted by Crippen LogP contribution is -1.93. The molecule has 0 bridgehead atoms. The Morgan fingerprint density at radius 2 is 2.07 bits per heavy atom. The Kier molecular flexibility index (Phi) is 1.38. The van der Waals surface area contributed by atoms with E-state index in [4.69, 9.17) is 0 Å². The van der Waals surface area contributed by atoms with Crippen molar-refractivity contribution in [2.24, 2.45) is 0 Å². The van der Waals surface area contributed by atoms with E-state index >= 15 is 0 Å². The molecule has 0 unspecified atom stereocenters. The third-order valence-electron chi connectivity index (χ3n) is 2.94. The molecule has 0 amide bonds. The van der Waals surface area contributed by atoms with Crippen molar-refractivity contribution in [3.05, 3.63) is 41.1 Å². The van der Waals surface area contributed by atoms with Gasteiger partial charge in [0.25, 0.3) is 0 Å². The lowest BCUT2D eigenvalue weighted by molar-refractivity contribution is 0.720. The number of aryl methyl sites for hydroxylation is 2. The number of hydrogen-bond acceptors (Lipinski definition) is 1. The van der Waals surface area contributed by atoms with E-state index in [1.54, 1.807) is 0 Å². The van der Waals surface area contributed by atoms with Crippen LogP contribution >= 0.6 is 0 Å². The van der Waals surface area contributed by atoms with Gasteiger partial charge in [-0.25, -0.2) is 0 Å². The van der Waals surface area contributed by atoms with Gasteiger partial charge in [0, 0.05) is 5.56 Å². The highest BCUT2D eigenvalue weighted by atomic mass is 15.3. The number of rotatable bonds is 0. The molecule has 0 saturated heterocycles. The van der Waals surface area contributed by atoms with Crippen LogP contribution in [0.1, 0.15) is 16.7 Å². The molecule has 0 fully saturated rings. The molecule has 1 aliphatic heterocycles. The van der Waals surface area contributed by atoms with E-state index in [9.17, 15) is 0 Å². The second-order valence-corrected chi connectivity index (χ2v) is 3.94. The number of fused-ring (bicyclic) bond motifs is 3. The molecule has 2 heterocycles. The van der Waals surface area contributed by atoms with Crippen molar-refractivity contribution in [3.8, 4) is 11.3 Å². The van der Waals surface area contributed by atoms with Crippen LogP contribution in [0, 0.1) is 13.8 Å². The minimum absolute atomic E-state index is 0.931. The molecule has 2 aromatic rings. The van der Waals surface area contributed by atoms with Gasteiger partial charge in [-0.1, -0.05) is 18.2 Å². The first kappa shape index (κ1) is 7.80. The van der Waals surface area contributed by atoms with Crippen LogP contribution in [0.15, 0.2) is 24.4 Å². The Morgan fingerprint density at radius 1 is 1.21 bits per heavy atom. The molecule has 0 N–H and O–H groups in total. The third-order valence-corrected chi connectivity index (χ3v) is 2.94. The van der Waals surface area contributed by atoms with Crippen molar-refractivity contribution in [3.63, 3.8) is 0 Å². The molecule has 2 heteroatoms. The minimum Gasteiger partial charge on any atom is -0.260 e. The van der Waals surface area contributed by atoms with Crippen molar-refractivity contribution in [1.82, 2.24) is 9.78 Å². The smallest absolute Gasteiger partial charge is 0.0721 e. The van der Waals surface area contributed by atoms with Crippen LogP contribution in [-0.4, -0.2) is 9.78 Å². The molecule has 1 aromatic heterocycles. The van der Waals surface area contributed by atoms with Gasteiger partial charge in [0.2, 0.25) is 0 Å². The second kappa shape index (κ2) is 2.47. The molecule has 0 radical (unpaired) electrons. The molecule has 0 atom stereocenters. The van der Waals surface area contributed by atoms with E-state index in [1.165, 1.54) is 27.9 Å². The average Bonchev–Trinajstić information content (AvgIpc) is 2.67. The van der Waals surface area contributed by atoms with Crippen molar-refractivity contribution in [2.45, 2.75) is 20.4 Å². The first-order valence-corrected chi connectivity index (χ1v) is 4.88. The molecule has 70 valence electrons. The van der Waals surface area contributed by atoms with Gasteiger partial charge in [-0.3, -0.25) is 4.68 Å². The third kappa shape index (κ3) is 0.830. The summed E-state index contributed by atoms with van der Waals surface area (Å²) in [6.45, 7) is 5.22. The van der Waals surface area contributed by atoms with Crippen molar-refractivity contribution < 1.29 is 0 Å². The summed E-state index contributed by atoms with van der Waals surface area (Å²) in [7, 11) is 0. The molecule has 0 spiro atoms. The van der Waals surface area contributed by atoms with Gasteiger partial charge in [0.15, 0.2) is 0 Å². The van der Waals surface area contributed by atoms with E-state index in [-0.39, 0.29) is 0 Å². The highest BCUT2D eigenvalue weighted by molar-refractivity contribution is 5.73. The number of aromatic nitrogens is 2. The highest BCUT2D eigenvalue weighted by Gasteiger charge is 2.22. The van der Waals surface area contributed by atoms with Crippen LogP contribution < -0.4 is 0 Å². The van der Waals surface area contributed by atoms with E-state index in [2.05, 4.69) is 41.8 Å². The normalized spacial score (nSPS) is 12.7. The fourth-order valence-electron chi connectivity index (χ4n) is 2.29. The maximum atomic E-state index is 4.37. The maximum absolute atomic E-state index is 4.37. The topological polar surface area (TPSA) is 17.8 Å². The summed E-state index contributed by atoms with van der Waals surface area (Å²) in [4.78, 5) is 0. The van der Waals surface area contributed by atoms with Gasteiger partial charge in [0.05, 0.1) is 18.4 Å². The molecule has 1 aliphatic rings. The zero-order valence-electron chi connectivity index (χ0n) is 8.41. The zero-order valence-corrected chi connectivity index (χ0v) is 8.41. The van der Waals surface area contributed by atoms with Crippen molar-refractivity contribution in [2.75, 3.05) is 0 Å². The summed E-state index contributed by atoms with van der Waals surface area (Å²) in [5.41, 5.74) is 6.72. The summed E-state index contributed by atoms with van der Waals surface area (Å²) < 4.78 is 2.09. The van der Waals surface area contributed by atoms with Gasteiger partial charge in [-0.05, 0) is 30.5 Å². The number of benzene rings is 1. The average molecular weight is 184 g/mol.